The number of morpholine rings is 1. The SMILES string of the molecule is O=C(N[C@H](CCC(=O)N1CCOCC1)C(=O)N1CCC[C@H]1C(=O)O)OCc1ccccc1. The van der Waals surface area contributed by atoms with Crippen LogP contribution < -0.4 is 5.32 Å². The number of nitrogens with one attached hydrogen (secondary N) is 1. The molecule has 0 saturated carbocycles. The number of rotatable bonds is 8. The summed E-state index contributed by atoms with van der Waals surface area (Å²) < 4.78 is 10.5. The molecule has 1 aromatic carbocycles. The van der Waals surface area contributed by atoms with Crippen molar-refractivity contribution in [3.63, 3.8) is 0 Å². The maximum atomic E-state index is 13.1. The fourth-order valence-electron chi connectivity index (χ4n) is 3.89. The molecule has 2 N–H and O–H groups in total. The molecule has 0 aliphatic carbocycles. The van der Waals surface area contributed by atoms with Gasteiger partial charge in [0, 0.05) is 26.1 Å². The van der Waals surface area contributed by atoms with E-state index < -0.39 is 30.1 Å². The maximum Gasteiger partial charge on any atom is 0.408 e. The Morgan fingerprint density at radius 2 is 1.84 bits per heavy atom. The highest BCUT2D eigenvalue weighted by Gasteiger charge is 2.38. The van der Waals surface area contributed by atoms with Crippen molar-refractivity contribution < 1.29 is 33.8 Å². The van der Waals surface area contributed by atoms with E-state index in [-0.39, 0.29) is 25.4 Å². The van der Waals surface area contributed by atoms with Crippen molar-refractivity contribution in [1.82, 2.24) is 15.1 Å². The summed E-state index contributed by atoms with van der Waals surface area (Å²) in [5.74, 6) is -1.73. The van der Waals surface area contributed by atoms with E-state index >= 15 is 0 Å². The van der Waals surface area contributed by atoms with Gasteiger partial charge < -0.3 is 29.7 Å². The van der Waals surface area contributed by atoms with Crippen LogP contribution in [-0.2, 0) is 30.5 Å². The molecule has 2 atom stereocenters. The van der Waals surface area contributed by atoms with Crippen LogP contribution >= 0.6 is 0 Å². The predicted molar refractivity (Wildman–Crippen MR) is 113 cm³/mol. The van der Waals surface area contributed by atoms with Crippen LogP contribution in [0.5, 0.6) is 0 Å². The van der Waals surface area contributed by atoms with E-state index in [9.17, 15) is 24.3 Å². The number of carboxylic acid groups (broad SMARTS) is 1. The Bertz CT molecular complexity index is 811. The summed E-state index contributed by atoms with van der Waals surface area (Å²) in [6.45, 7) is 2.22. The van der Waals surface area contributed by atoms with Gasteiger partial charge in [-0.2, -0.15) is 0 Å². The summed E-state index contributed by atoms with van der Waals surface area (Å²) in [5.41, 5.74) is 0.790. The van der Waals surface area contributed by atoms with E-state index in [0.717, 1.165) is 5.56 Å². The van der Waals surface area contributed by atoms with Crippen LogP contribution in [0, 0.1) is 0 Å². The van der Waals surface area contributed by atoms with E-state index in [1.165, 1.54) is 4.90 Å². The first kappa shape index (κ1) is 23.5. The van der Waals surface area contributed by atoms with Gasteiger partial charge in [-0.3, -0.25) is 9.59 Å². The molecule has 0 aromatic heterocycles. The molecular weight excluding hydrogens is 418 g/mol. The largest absolute Gasteiger partial charge is 0.480 e. The molecule has 3 amide bonds. The minimum atomic E-state index is -1.08. The van der Waals surface area contributed by atoms with Crippen molar-refractivity contribution in [3.05, 3.63) is 35.9 Å². The second-order valence-corrected chi connectivity index (χ2v) is 7.82. The number of alkyl carbamates (subject to hydrolysis) is 1. The van der Waals surface area contributed by atoms with Crippen molar-refractivity contribution in [2.75, 3.05) is 32.8 Å². The molecule has 174 valence electrons. The Balaban J connectivity index is 1.62. The molecule has 0 unspecified atom stereocenters. The molecule has 32 heavy (non-hydrogen) atoms. The second-order valence-electron chi connectivity index (χ2n) is 7.82. The third-order valence-electron chi connectivity index (χ3n) is 5.63. The average Bonchev–Trinajstić information content (AvgIpc) is 3.31. The summed E-state index contributed by atoms with van der Waals surface area (Å²) in [5, 5.41) is 12.0. The van der Waals surface area contributed by atoms with Crippen molar-refractivity contribution in [2.45, 2.75) is 44.4 Å². The zero-order chi connectivity index (χ0) is 22.9. The summed E-state index contributed by atoms with van der Waals surface area (Å²) in [6, 6.07) is 7.11. The van der Waals surface area contributed by atoms with Crippen LogP contribution in [0.25, 0.3) is 0 Å². The quantitative estimate of drug-likeness (QED) is 0.609. The first-order chi connectivity index (χ1) is 15.5. The van der Waals surface area contributed by atoms with Gasteiger partial charge in [0.2, 0.25) is 11.8 Å². The van der Waals surface area contributed by atoms with Crippen LogP contribution in [0.3, 0.4) is 0 Å². The van der Waals surface area contributed by atoms with Gasteiger partial charge in [-0.05, 0) is 24.8 Å². The Kier molecular flexibility index (Phi) is 8.43. The average molecular weight is 447 g/mol. The van der Waals surface area contributed by atoms with Crippen molar-refractivity contribution in [2.24, 2.45) is 0 Å². The van der Waals surface area contributed by atoms with E-state index in [0.29, 0.717) is 45.7 Å². The number of carbonyl (C=O) groups excluding carboxylic acids is 3. The zero-order valence-electron chi connectivity index (χ0n) is 17.9. The first-order valence-electron chi connectivity index (χ1n) is 10.8. The second kappa shape index (κ2) is 11.5. The van der Waals surface area contributed by atoms with E-state index in [2.05, 4.69) is 5.32 Å². The smallest absolute Gasteiger partial charge is 0.408 e. The fraction of sp³-hybridized carbons (Fsp3) is 0.545. The molecule has 1 aromatic rings. The van der Waals surface area contributed by atoms with Gasteiger partial charge in [-0.1, -0.05) is 30.3 Å². The van der Waals surface area contributed by atoms with Crippen molar-refractivity contribution in [3.8, 4) is 0 Å². The highest BCUT2D eigenvalue weighted by atomic mass is 16.5. The molecular formula is C22H29N3O7. The highest BCUT2D eigenvalue weighted by Crippen LogP contribution is 2.20. The predicted octanol–water partition coefficient (Wildman–Crippen LogP) is 0.996. The minimum absolute atomic E-state index is 0.0295. The lowest BCUT2D eigenvalue weighted by Gasteiger charge is -2.29. The standard InChI is InChI=1S/C22H29N3O7/c26-19(24-11-13-31-14-12-24)9-8-17(20(27)25-10-4-7-18(25)21(28)29)23-22(30)32-15-16-5-2-1-3-6-16/h1-3,5-6,17-18H,4,7-15H2,(H,23,30)(H,28,29)/t17-,18+/m1/s1. The topological polar surface area (TPSA) is 125 Å². The number of hydrogen-bond acceptors (Lipinski definition) is 6. The molecule has 2 saturated heterocycles. The van der Waals surface area contributed by atoms with E-state index in [1.54, 1.807) is 17.0 Å². The van der Waals surface area contributed by atoms with Gasteiger partial charge in [0.05, 0.1) is 13.2 Å². The molecule has 2 aliphatic heterocycles. The van der Waals surface area contributed by atoms with Gasteiger partial charge in [0.1, 0.15) is 18.7 Å². The molecule has 2 heterocycles. The Hall–Kier alpha value is -3.14. The monoisotopic (exact) mass is 447 g/mol. The number of carbonyl (C=O) groups is 4. The summed E-state index contributed by atoms with van der Waals surface area (Å²) in [6.07, 6.45) is 0.232. The van der Waals surface area contributed by atoms with Gasteiger partial charge in [0.25, 0.3) is 0 Å². The van der Waals surface area contributed by atoms with Crippen LogP contribution in [0.4, 0.5) is 4.79 Å². The lowest BCUT2D eigenvalue weighted by atomic mass is 10.1. The third kappa shape index (κ3) is 6.43. The van der Waals surface area contributed by atoms with Crippen LogP contribution in [-0.4, -0.2) is 83.7 Å². The van der Waals surface area contributed by atoms with Crippen LogP contribution in [0.2, 0.25) is 0 Å². The first-order valence-corrected chi connectivity index (χ1v) is 10.8. The van der Waals surface area contributed by atoms with Gasteiger partial charge in [0.15, 0.2) is 0 Å². The molecule has 2 aliphatic rings. The van der Waals surface area contributed by atoms with Crippen molar-refractivity contribution >= 4 is 23.9 Å². The van der Waals surface area contributed by atoms with E-state index in [1.807, 2.05) is 18.2 Å². The minimum Gasteiger partial charge on any atom is -0.480 e. The molecule has 3 rings (SSSR count). The summed E-state index contributed by atoms with van der Waals surface area (Å²) in [4.78, 5) is 52.4. The Labute approximate surface area is 186 Å². The Morgan fingerprint density at radius 3 is 2.53 bits per heavy atom. The number of likely N-dealkylation sites (tertiary alicyclic amines) is 1. The van der Waals surface area contributed by atoms with Gasteiger partial charge >= 0.3 is 12.1 Å². The number of amides is 3. The highest BCUT2D eigenvalue weighted by molar-refractivity contribution is 5.90. The number of nitrogens with zero attached hydrogens (tertiary/aromatic N) is 2. The molecule has 0 radical (unpaired) electrons. The molecule has 2 fully saturated rings. The molecule has 10 heteroatoms. The number of carboxylic acids is 1. The Morgan fingerprint density at radius 1 is 1.12 bits per heavy atom. The zero-order valence-corrected chi connectivity index (χ0v) is 17.9. The van der Waals surface area contributed by atoms with E-state index in [4.69, 9.17) is 9.47 Å². The maximum absolute atomic E-state index is 13.1. The van der Waals surface area contributed by atoms with Gasteiger partial charge in [-0.25, -0.2) is 9.59 Å². The number of ether oxygens (including phenoxy) is 2. The summed E-state index contributed by atoms with van der Waals surface area (Å²) in [7, 11) is 0. The van der Waals surface area contributed by atoms with Crippen LogP contribution in [0.1, 0.15) is 31.2 Å². The summed E-state index contributed by atoms with van der Waals surface area (Å²) >= 11 is 0. The molecule has 0 spiro atoms. The van der Waals surface area contributed by atoms with Crippen molar-refractivity contribution in [1.29, 1.82) is 0 Å². The number of aliphatic carboxylic acids is 1. The normalized spacial score (nSPS) is 19.3. The lowest BCUT2D eigenvalue weighted by molar-refractivity contribution is -0.149. The number of benzene rings is 1. The third-order valence-corrected chi connectivity index (χ3v) is 5.63. The van der Waals surface area contributed by atoms with Gasteiger partial charge in [-0.15, -0.1) is 0 Å². The molecule has 10 nitrogen and oxygen atoms in total. The molecule has 0 bridgehead atoms. The fourth-order valence-corrected chi connectivity index (χ4v) is 3.89. The van der Waals surface area contributed by atoms with Crippen LogP contribution in [0.15, 0.2) is 30.3 Å². The number of hydrogen-bond donors (Lipinski definition) is 2. The lowest BCUT2D eigenvalue weighted by Crippen LogP contribution is -2.52.